The van der Waals surface area contributed by atoms with Crippen LogP contribution < -0.4 is 10.1 Å². The van der Waals surface area contributed by atoms with Crippen LogP contribution in [0.5, 0.6) is 5.75 Å². The van der Waals surface area contributed by atoms with Crippen molar-refractivity contribution in [3.63, 3.8) is 0 Å². The molecule has 0 fully saturated rings. The van der Waals surface area contributed by atoms with Gasteiger partial charge in [0.1, 0.15) is 35.4 Å². The smallest absolute Gasteiger partial charge is 0.341 e. The van der Waals surface area contributed by atoms with Crippen molar-refractivity contribution in [1.82, 2.24) is 24.8 Å². The molecular formula is C29H28FN5O4. The highest BCUT2D eigenvalue weighted by Crippen LogP contribution is 2.27. The summed E-state index contributed by atoms with van der Waals surface area (Å²) in [6.07, 6.45) is 0. The van der Waals surface area contributed by atoms with Crippen molar-refractivity contribution in [3.05, 3.63) is 89.3 Å². The number of hydrogen-bond acceptors (Lipinski definition) is 6. The van der Waals surface area contributed by atoms with Crippen molar-refractivity contribution in [2.75, 3.05) is 19.8 Å². The van der Waals surface area contributed by atoms with Crippen LogP contribution in [0.4, 0.5) is 4.39 Å². The van der Waals surface area contributed by atoms with Crippen LogP contribution in [0.25, 0.3) is 22.1 Å². The molecule has 2 aromatic heterocycles. The number of carbonyl (C=O) groups excluding carboxylic acids is 2. The van der Waals surface area contributed by atoms with Crippen LogP contribution in [0.2, 0.25) is 0 Å². The third-order valence-electron chi connectivity index (χ3n) is 6.46. The van der Waals surface area contributed by atoms with Gasteiger partial charge < -0.3 is 24.3 Å². The van der Waals surface area contributed by atoms with Crippen molar-refractivity contribution in [1.29, 1.82) is 0 Å². The molecule has 200 valence electrons. The Morgan fingerprint density at radius 3 is 2.69 bits per heavy atom. The van der Waals surface area contributed by atoms with E-state index >= 15 is 0 Å². The number of rotatable bonds is 9. The number of imidazole rings is 2. The minimum Gasteiger partial charge on any atom is -0.491 e. The van der Waals surface area contributed by atoms with Crippen LogP contribution in [-0.2, 0) is 11.8 Å². The molecule has 1 atom stereocenters. The maximum absolute atomic E-state index is 13.6. The highest BCUT2D eigenvalue weighted by atomic mass is 19.1. The average Bonchev–Trinajstić information content (AvgIpc) is 3.51. The highest BCUT2D eigenvalue weighted by Gasteiger charge is 2.21. The van der Waals surface area contributed by atoms with E-state index in [2.05, 4.69) is 15.3 Å². The molecule has 0 bridgehead atoms. The molecule has 5 aromatic rings. The fourth-order valence-corrected chi connectivity index (χ4v) is 4.46. The number of fused-ring (bicyclic) bond motifs is 2. The Balaban J connectivity index is 1.26. The van der Waals surface area contributed by atoms with Gasteiger partial charge >= 0.3 is 5.97 Å². The molecule has 2 N–H and O–H groups in total. The summed E-state index contributed by atoms with van der Waals surface area (Å²) in [5.41, 5.74) is 3.68. The van der Waals surface area contributed by atoms with Crippen LogP contribution in [-0.4, -0.2) is 51.2 Å². The molecule has 0 radical (unpaired) electrons. The number of halogens is 1. The summed E-state index contributed by atoms with van der Waals surface area (Å²) in [5, 5.41) is 2.85. The Bertz CT molecular complexity index is 1680. The number of hydrogen-bond donors (Lipinski definition) is 2. The van der Waals surface area contributed by atoms with Gasteiger partial charge in [-0.1, -0.05) is 12.1 Å². The van der Waals surface area contributed by atoms with Gasteiger partial charge in [-0.15, -0.1) is 0 Å². The summed E-state index contributed by atoms with van der Waals surface area (Å²) in [7, 11) is 1.89. The summed E-state index contributed by atoms with van der Waals surface area (Å²) in [5.74, 6) is 0.612. The van der Waals surface area contributed by atoms with Gasteiger partial charge in [-0.3, -0.25) is 4.79 Å². The highest BCUT2D eigenvalue weighted by molar-refractivity contribution is 5.97. The fraction of sp³-hybridized carbons (Fsp3) is 0.241. The monoisotopic (exact) mass is 529 g/mol. The first-order valence-electron chi connectivity index (χ1n) is 12.6. The number of benzene rings is 3. The van der Waals surface area contributed by atoms with Crippen molar-refractivity contribution in [2.24, 2.45) is 7.05 Å². The zero-order valence-electron chi connectivity index (χ0n) is 21.8. The first-order valence-corrected chi connectivity index (χ1v) is 12.6. The number of nitrogens with zero attached hydrogens (tertiary/aromatic N) is 3. The number of aromatic amines is 1. The second-order valence-electron chi connectivity index (χ2n) is 9.06. The topological polar surface area (TPSA) is 111 Å². The molecule has 0 aliphatic carbocycles. The number of aryl methyl sites for hydroxylation is 1. The largest absolute Gasteiger partial charge is 0.491 e. The van der Waals surface area contributed by atoms with Crippen LogP contribution in [0.3, 0.4) is 0 Å². The first-order chi connectivity index (χ1) is 18.9. The molecular weight excluding hydrogens is 501 g/mol. The second kappa shape index (κ2) is 10.9. The molecule has 3 aromatic carbocycles. The van der Waals surface area contributed by atoms with Crippen molar-refractivity contribution in [2.45, 2.75) is 19.8 Å². The molecule has 0 saturated heterocycles. The maximum Gasteiger partial charge on any atom is 0.341 e. The predicted octanol–water partition coefficient (Wildman–Crippen LogP) is 4.73. The molecule has 0 spiro atoms. The summed E-state index contributed by atoms with van der Waals surface area (Å²) in [6, 6.07) is 16.6. The molecule has 39 heavy (non-hydrogen) atoms. The molecule has 1 amide bonds. The minimum atomic E-state index is -0.454. The van der Waals surface area contributed by atoms with Gasteiger partial charge in [0.05, 0.1) is 41.1 Å². The van der Waals surface area contributed by atoms with E-state index in [4.69, 9.17) is 14.5 Å². The minimum absolute atomic E-state index is 0.180. The maximum atomic E-state index is 13.6. The van der Waals surface area contributed by atoms with Gasteiger partial charge in [0.2, 0.25) is 0 Å². The number of ether oxygens (including phenoxy) is 2. The number of aromatic nitrogens is 4. The van der Waals surface area contributed by atoms with Crippen LogP contribution in [0.15, 0.2) is 60.7 Å². The number of carbonyl (C=O) groups is 2. The lowest BCUT2D eigenvalue weighted by atomic mass is 10.1. The van der Waals surface area contributed by atoms with Crippen molar-refractivity contribution in [3.8, 4) is 5.75 Å². The molecule has 1 unspecified atom stereocenters. The molecule has 5 rings (SSSR count). The second-order valence-corrected chi connectivity index (χ2v) is 9.06. The van der Waals surface area contributed by atoms with Gasteiger partial charge in [0, 0.05) is 12.6 Å². The predicted molar refractivity (Wildman–Crippen MR) is 145 cm³/mol. The van der Waals surface area contributed by atoms with Crippen LogP contribution in [0.1, 0.15) is 52.1 Å². The Hall–Kier alpha value is -4.73. The summed E-state index contributed by atoms with van der Waals surface area (Å²) in [6.45, 7) is 4.41. The zero-order chi connectivity index (χ0) is 27.5. The third kappa shape index (κ3) is 5.31. The van der Waals surface area contributed by atoms with E-state index in [1.165, 1.54) is 12.1 Å². The molecule has 0 aliphatic heterocycles. The SMILES string of the molecule is CCOC(=O)c1ccccc1OCCNC(=O)c1ccc2nc(C(C)c3nc4ccc(F)cc4[nH]3)n(C)c2c1. The summed E-state index contributed by atoms with van der Waals surface area (Å²) in [4.78, 5) is 37.5. The number of para-hydroxylation sites is 1. The first kappa shape index (κ1) is 25.9. The van der Waals surface area contributed by atoms with Gasteiger partial charge in [0.15, 0.2) is 0 Å². The van der Waals surface area contributed by atoms with E-state index < -0.39 is 5.97 Å². The van der Waals surface area contributed by atoms with Crippen LogP contribution >= 0.6 is 0 Å². The van der Waals surface area contributed by atoms with Crippen molar-refractivity contribution >= 4 is 33.9 Å². The van der Waals surface area contributed by atoms with E-state index in [1.54, 1.807) is 55.5 Å². The summed E-state index contributed by atoms with van der Waals surface area (Å²) < 4.78 is 26.3. The van der Waals surface area contributed by atoms with Crippen molar-refractivity contribution < 1.29 is 23.5 Å². The lowest BCUT2D eigenvalue weighted by Crippen LogP contribution is -2.28. The Morgan fingerprint density at radius 2 is 1.87 bits per heavy atom. The molecule has 10 heteroatoms. The van der Waals surface area contributed by atoms with E-state index in [9.17, 15) is 14.0 Å². The zero-order valence-corrected chi connectivity index (χ0v) is 21.8. The van der Waals surface area contributed by atoms with Gasteiger partial charge in [-0.05, 0) is 62.4 Å². The lowest BCUT2D eigenvalue weighted by molar-refractivity contribution is 0.0521. The van der Waals surface area contributed by atoms with E-state index in [1.807, 2.05) is 18.5 Å². The summed E-state index contributed by atoms with van der Waals surface area (Å²) >= 11 is 0. The molecule has 2 heterocycles. The number of H-pyrrole nitrogens is 1. The fourth-order valence-electron chi connectivity index (χ4n) is 4.46. The normalized spacial score (nSPS) is 12.0. The lowest BCUT2D eigenvalue weighted by Gasteiger charge is -2.11. The third-order valence-corrected chi connectivity index (χ3v) is 6.46. The van der Waals surface area contributed by atoms with Gasteiger partial charge in [0.25, 0.3) is 5.91 Å². The average molecular weight is 530 g/mol. The Labute approximate surface area is 224 Å². The standard InChI is InChI=1S/C29H28FN5O4/c1-4-38-29(37)20-7-5-6-8-25(20)39-14-13-31-28(36)18-9-11-22-24(15-18)35(3)27(34-22)17(2)26-32-21-12-10-19(30)16-23(21)33-26/h5-12,15-17H,4,13-14H2,1-3H3,(H,31,36)(H,32,33). The number of nitrogens with one attached hydrogen (secondary N) is 2. The Morgan fingerprint density at radius 1 is 1.08 bits per heavy atom. The molecule has 9 nitrogen and oxygen atoms in total. The van der Waals surface area contributed by atoms with Crippen LogP contribution in [0, 0.1) is 5.82 Å². The molecule has 0 aliphatic rings. The number of amides is 1. The van der Waals surface area contributed by atoms with Gasteiger partial charge in [-0.2, -0.15) is 0 Å². The van der Waals surface area contributed by atoms with Gasteiger partial charge in [-0.25, -0.2) is 19.2 Å². The number of esters is 1. The van der Waals surface area contributed by atoms with E-state index in [0.29, 0.717) is 33.7 Å². The molecule has 0 saturated carbocycles. The Kier molecular flexibility index (Phi) is 7.27. The quantitative estimate of drug-likeness (QED) is 0.211. The van der Waals surface area contributed by atoms with E-state index in [0.717, 1.165) is 16.9 Å². The van der Waals surface area contributed by atoms with E-state index in [-0.39, 0.29) is 37.4 Å².